The van der Waals surface area contributed by atoms with Crippen LogP contribution in [0.15, 0.2) is 48.7 Å². The number of carbonyl (C=O) groups is 2. The molecule has 0 bridgehead atoms. The molecule has 3 saturated heterocycles. The fourth-order valence-electron chi connectivity index (χ4n) is 5.70. The Morgan fingerprint density at radius 2 is 1.51 bits per heavy atom. The predicted molar refractivity (Wildman–Crippen MR) is 155 cm³/mol. The molecule has 226 valence electrons. The normalized spacial score (nSPS) is 19.0. The summed E-state index contributed by atoms with van der Waals surface area (Å²) in [6.45, 7) is 5.59. The maximum Gasteiger partial charge on any atom is 0.255 e. The SMILES string of the molecule is O=C(c1cc(F)cc(N2CCNCC2)c1)N1CCN(C(=O)c2cnc(O[C@H]3CCNC3)c(-c3ccc(F)c(F)c3)c2)CC1. The number of halogens is 3. The minimum atomic E-state index is -1.01. The first-order valence-corrected chi connectivity index (χ1v) is 14.5. The van der Waals surface area contributed by atoms with E-state index in [1.165, 1.54) is 24.4 Å². The maximum absolute atomic E-state index is 14.5. The van der Waals surface area contributed by atoms with Crippen LogP contribution in [-0.2, 0) is 0 Å². The average molecular weight is 595 g/mol. The molecule has 2 amide bonds. The summed E-state index contributed by atoms with van der Waals surface area (Å²) in [7, 11) is 0. The largest absolute Gasteiger partial charge is 0.473 e. The molecule has 6 rings (SSSR count). The van der Waals surface area contributed by atoms with Gasteiger partial charge in [-0.15, -0.1) is 0 Å². The molecule has 0 spiro atoms. The van der Waals surface area contributed by atoms with Gasteiger partial charge in [-0.1, -0.05) is 6.07 Å². The van der Waals surface area contributed by atoms with Gasteiger partial charge in [0, 0.05) is 81.9 Å². The molecule has 0 saturated carbocycles. The summed E-state index contributed by atoms with van der Waals surface area (Å²) in [5, 5.41) is 6.47. The van der Waals surface area contributed by atoms with Gasteiger partial charge in [-0.05, 0) is 54.9 Å². The molecule has 0 aliphatic carbocycles. The highest BCUT2D eigenvalue weighted by Gasteiger charge is 2.28. The summed E-state index contributed by atoms with van der Waals surface area (Å²) in [5.74, 6) is -2.80. The number of nitrogens with one attached hydrogen (secondary N) is 2. The Balaban J connectivity index is 1.16. The van der Waals surface area contributed by atoms with Gasteiger partial charge < -0.3 is 30.1 Å². The number of pyridine rings is 1. The number of amides is 2. The van der Waals surface area contributed by atoms with E-state index in [-0.39, 0.29) is 61.1 Å². The van der Waals surface area contributed by atoms with Gasteiger partial charge in [0.1, 0.15) is 11.9 Å². The Kier molecular flexibility index (Phi) is 8.48. The van der Waals surface area contributed by atoms with E-state index < -0.39 is 17.5 Å². The third-order valence-corrected chi connectivity index (χ3v) is 8.09. The second-order valence-corrected chi connectivity index (χ2v) is 11.0. The minimum Gasteiger partial charge on any atom is -0.473 e. The third-order valence-electron chi connectivity index (χ3n) is 8.09. The first kappa shape index (κ1) is 28.9. The zero-order valence-corrected chi connectivity index (χ0v) is 23.6. The van der Waals surface area contributed by atoms with Crippen molar-refractivity contribution < 1.29 is 27.5 Å². The molecule has 1 aromatic heterocycles. The van der Waals surface area contributed by atoms with Crippen molar-refractivity contribution in [2.75, 3.05) is 70.3 Å². The van der Waals surface area contributed by atoms with E-state index in [1.807, 2.05) is 0 Å². The fourth-order valence-corrected chi connectivity index (χ4v) is 5.70. The van der Waals surface area contributed by atoms with E-state index in [4.69, 9.17) is 4.74 Å². The number of anilines is 1. The van der Waals surface area contributed by atoms with E-state index >= 15 is 0 Å². The van der Waals surface area contributed by atoms with Crippen molar-refractivity contribution in [3.8, 4) is 17.0 Å². The quantitative estimate of drug-likeness (QED) is 0.454. The van der Waals surface area contributed by atoms with Crippen LogP contribution in [0.5, 0.6) is 5.88 Å². The van der Waals surface area contributed by atoms with Crippen molar-refractivity contribution in [1.29, 1.82) is 0 Å². The highest BCUT2D eigenvalue weighted by Crippen LogP contribution is 2.32. The van der Waals surface area contributed by atoms with Crippen molar-refractivity contribution in [2.45, 2.75) is 12.5 Å². The molecule has 0 radical (unpaired) electrons. The van der Waals surface area contributed by atoms with Crippen molar-refractivity contribution in [1.82, 2.24) is 25.4 Å². The second-order valence-electron chi connectivity index (χ2n) is 11.0. The lowest BCUT2D eigenvalue weighted by Crippen LogP contribution is -2.50. The molecular formula is C31H33F3N6O3. The van der Waals surface area contributed by atoms with Crippen LogP contribution in [0.2, 0.25) is 0 Å². The van der Waals surface area contributed by atoms with Crippen LogP contribution in [0.25, 0.3) is 11.1 Å². The predicted octanol–water partition coefficient (Wildman–Crippen LogP) is 2.91. The molecule has 0 unspecified atom stereocenters. The highest BCUT2D eigenvalue weighted by atomic mass is 19.2. The van der Waals surface area contributed by atoms with Gasteiger partial charge >= 0.3 is 0 Å². The molecule has 2 N–H and O–H groups in total. The van der Waals surface area contributed by atoms with E-state index in [9.17, 15) is 22.8 Å². The summed E-state index contributed by atoms with van der Waals surface area (Å²) in [5.41, 5.74) is 1.95. The molecule has 3 aliphatic heterocycles. The molecule has 12 heteroatoms. The van der Waals surface area contributed by atoms with E-state index in [0.29, 0.717) is 23.4 Å². The third kappa shape index (κ3) is 6.45. The number of carbonyl (C=O) groups excluding carboxylic acids is 2. The summed E-state index contributed by atoms with van der Waals surface area (Å²) < 4.78 is 48.3. The van der Waals surface area contributed by atoms with Gasteiger partial charge in [-0.3, -0.25) is 9.59 Å². The number of ether oxygens (including phenoxy) is 1. The second kappa shape index (κ2) is 12.6. The van der Waals surface area contributed by atoms with Crippen LogP contribution < -0.4 is 20.3 Å². The monoisotopic (exact) mass is 594 g/mol. The minimum absolute atomic E-state index is 0.130. The van der Waals surface area contributed by atoms with Crippen LogP contribution >= 0.6 is 0 Å². The van der Waals surface area contributed by atoms with Crippen LogP contribution in [0, 0.1) is 17.5 Å². The average Bonchev–Trinajstić information content (AvgIpc) is 3.55. The lowest BCUT2D eigenvalue weighted by Gasteiger charge is -2.35. The Bertz CT molecular complexity index is 1500. The van der Waals surface area contributed by atoms with E-state index in [1.54, 1.807) is 21.9 Å². The standard InChI is InChI=1S/C31H33F3N6O3/c32-23-13-21(14-24(17-23)38-7-5-35-6-8-38)30(41)39-9-11-40(12-10-39)31(42)22-15-26(20-1-2-27(33)28(34)16-20)29(37-18-22)43-25-3-4-36-19-25/h1-2,13-18,25,35-36H,3-12,19H2/t25-/m0/s1. The summed E-state index contributed by atoms with van der Waals surface area (Å²) >= 11 is 0. The van der Waals surface area contributed by atoms with Crippen LogP contribution in [-0.4, -0.2) is 98.1 Å². The van der Waals surface area contributed by atoms with Crippen molar-refractivity contribution in [3.05, 3.63) is 77.2 Å². The number of aromatic nitrogens is 1. The van der Waals surface area contributed by atoms with Crippen LogP contribution in [0.1, 0.15) is 27.1 Å². The smallest absolute Gasteiger partial charge is 0.255 e. The molecule has 3 aliphatic rings. The van der Waals surface area contributed by atoms with Gasteiger partial charge in [0.2, 0.25) is 5.88 Å². The zero-order valence-electron chi connectivity index (χ0n) is 23.6. The molecule has 1 atom stereocenters. The maximum atomic E-state index is 14.5. The van der Waals surface area contributed by atoms with Gasteiger partial charge in [0.15, 0.2) is 11.6 Å². The Morgan fingerprint density at radius 1 is 0.791 bits per heavy atom. The summed E-state index contributed by atoms with van der Waals surface area (Å²) in [6.07, 6.45) is 2.07. The van der Waals surface area contributed by atoms with E-state index in [2.05, 4.69) is 20.5 Å². The lowest BCUT2D eigenvalue weighted by atomic mass is 10.0. The Labute approximate surface area is 247 Å². The fraction of sp³-hybridized carbons (Fsp3) is 0.387. The Hall–Kier alpha value is -4.16. The van der Waals surface area contributed by atoms with Gasteiger partial charge in [0.05, 0.1) is 5.56 Å². The van der Waals surface area contributed by atoms with Crippen molar-refractivity contribution >= 4 is 17.5 Å². The molecule has 3 aromatic rings. The molecular weight excluding hydrogens is 561 g/mol. The summed E-state index contributed by atoms with van der Waals surface area (Å²) in [4.78, 5) is 36.5. The van der Waals surface area contributed by atoms with Crippen molar-refractivity contribution in [3.63, 3.8) is 0 Å². The van der Waals surface area contributed by atoms with Crippen LogP contribution in [0.4, 0.5) is 18.9 Å². The van der Waals surface area contributed by atoms with Gasteiger partial charge in [-0.25, -0.2) is 18.2 Å². The van der Waals surface area contributed by atoms with Gasteiger partial charge in [-0.2, -0.15) is 0 Å². The molecule has 4 heterocycles. The highest BCUT2D eigenvalue weighted by molar-refractivity contribution is 5.97. The lowest BCUT2D eigenvalue weighted by molar-refractivity contribution is 0.0535. The molecule has 9 nitrogen and oxygen atoms in total. The zero-order chi connectivity index (χ0) is 29.9. The topological polar surface area (TPSA) is 90.0 Å². The number of hydrogen-bond donors (Lipinski definition) is 2. The number of benzene rings is 2. The van der Waals surface area contributed by atoms with Gasteiger partial charge in [0.25, 0.3) is 11.8 Å². The van der Waals surface area contributed by atoms with Crippen LogP contribution in [0.3, 0.4) is 0 Å². The van der Waals surface area contributed by atoms with E-state index in [0.717, 1.165) is 51.3 Å². The number of rotatable bonds is 6. The molecule has 3 fully saturated rings. The number of piperazine rings is 2. The van der Waals surface area contributed by atoms with Crippen molar-refractivity contribution in [2.24, 2.45) is 0 Å². The molecule has 2 aromatic carbocycles. The summed E-state index contributed by atoms with van der Waals surface area (Å²) in [6, 6.07) is 9.53. The molecule has 43 heavy (non-hydrogen) atoms. The first-order valence-electron chi connectivity index (χ1n) is 14.5. The number of nitrogens with zero attached hydrogens (tertiary/aromatic N) is 4. The first-order chi connectivity index (χ1) is 20.9. The Morgan fingerprint density at radius 3 is 2.19 bits per heavy atom. The number of hydrogen-bond acceptors (Lipinski definition) is 7.